The number of rotatable bonds is 2. The molecule has 34 heavy (non-hydrogen) atoms. The van der Waals surface area contributed by atoms with Gasteiger partial charge in [0.1, 0.15) is 5.78 Å². The number of nitrogens with one attached hydrogen (secondary N) is 1. The van der Waals surface area contributed by atoms with E-state index in [0.717, 1.165) is 11.4 Å². The van der Waals surface area contributed by atoms with E-state index in [1.165, 1.54) is 11.3 Å². The summed E-state index contributed by atoms with van der Waals surface area (Å²) in [5.41, 5.74) is 7.30. The van der Waals surface area contributed by atoms with Gasteiger partial charge in [-0.05, 0) is 37.6 Å². The van der Waals surface area contributed by atoms with E-state index in [9.17, 15) is 4.79 Å². The first-order valence-electron chi connectivity index (χ1n) is 9.87. The Kier molecular flexibility index (Phi) is 16.8. The molecule has 12 heteroatoms. The number of Topliss-reactive ketones (excluding diaryl/α,β-unsaturated/α-hetero) is 1. The summed E-state index contributed by atoms with van der Waals surface area (Å²) in [6.45, 7) is 11.9. The van der Waals surface area contributed by atoms with E-state index in [0.29, 0.717) is 0 Å². The highest BCUT2D eigenvalue weighted by atomic mass is 32.2. The molecule has 0 aromatic heterocycles. The lowest BCUT2D eigenvalue weighted by Crippen LogP contribution is -2.22. The van der Waals surface area contributed by atoms with Gasteiger partial charge in [-0.15, -0.1) is 25.3 Å². The molecular formula is C22H31N3O7S2. The molecule has 0 bridgehead atoms. The number of ketones is 1. The number of fused-ring (bicyclic) bond motifs is 1. The van der Waals surface area contributed by atoms with Crippen molar-refractivity contribution < 1.29 is 30.0 Å². The van der Waals surface area contributed by atoms with Crippen LogP contribution in [0.25, 0.3) is 0 Å². The Hall–Kier alpha value is -3.22. The molecular weight excluding hydrogens is 482 g/mol. The Morgan fingerprint density at radius 3 is 1.59 bits per heavy atom. The molecule has 0 unspecified atom stereocenters. The number of nitrogens with zero attached hydrogens (tertiary/aromatic N) is 1. The fourth-order valence-corrected chi connectivity index (χ4v) is 2.15. The number of hydrazine groups is 1. The molecule has 0 fully saturated rings. The van der Waals surface area contributed by atoms with E-state index in [4.69, 9.17) is 31.1 Å². The van der Waals surface area contributed by atoms with Gasteiger partial charge in [-0.3, -0.25) is 15.6 Å². The average Bonchev–Trinajstić information content (AvgIpc) is 2.97. The molecule has 0 atom stereocenters. The summed E-state index contributed by atoms with van der Waals surface area (Å²) in [6.07, 6.45) is 0. The summed E-state index contributed by atoms with van der Waals surface area (Å²) < 4.78 is 50.7. The zero-order valence-electron chi connectivity index (χ0n) is 20.0. The first kappa shape index (κ1) is 33.0. The molecule has 0 saturated carbocycles. The zero-order valence-corrected chi connectivity index (χ0v) is 21.6. The number of aliphatic imine (C=N–C) groups is 1. The van der Waals surface area contributed by atoms with Crippen LogP contribution >= 0.6 is 0 Å². The number of carbonyl (C=O) groups is 1. The minimum Gasteiger partial charge on any atom is -0.324 e. The maximum atomic E-state index is 10.1. The molecule has 0 spiro atoms. The van der Waals surface area contributed by atoms with E-state index < -0.39 is 21.2 Å². The Labute approximate surface area is 203 Å². The SMILES string of the molecule is CC(=O)C(C)C.CC1=Nc2ccccc2C1(C)C.NNc1ccccc1.O=S(=O)=O.O=S(=O)=O. The van der Waals surface area contributed by atoms with Crippen LogP contribution in [-0.4, -0.2) is 36.7 Å². The van der Waals surface area contributed by atoms with Gasteiger partial charge in [0, 0.05) is 22.7 Å². The number of para-hydroxylation sites is 2. The van der Waals surface area contributed by atoms with Crippen LogP contribution in [0, 0.1) is 5.92 Å². The van der Waals surface area contributed by atoms with E-state index in [2.05, 4.69) is 49.4 Å². The normalized spacial score (nSPS) is 11.7. The molecule has 2 aromatic carbocycles. The van der Waals surface area contributed by atoms with Crippen molar-refractivity contribution in [3.05, 3.63) is 60.2 Å². The first-order chi connectivity index (χ1) is 15.7. The molecule has 3 N–H and O–H groups in total. The summed E-state index contributed by atoms with van der Waals surface area (Å²) in [4.78, 5) is 14.7. The van der Waals surface area contributed by atoms with Gasteiger partial charge in [0.05, 0.1) is 5.69 Å². The van der Waals surface area contributed by atoms with Gasteiger partial charge in [0.15, 0.2) is 0 Å². The third-order valence-corrected chi connectivity index (χ3v) is 4.52. The van der Waals surface area contributed by atoms with Gasteiger partial charge in [-0.1, -0.05) is 64.1 Å². The largest absolute Gasteiger partial charge is 0.425 e. The minimum absolute atomic E-state index is 0.136. The third kappa shape index (κ3) is 15.6. The number of hydrogen-bond acceptors (Lipinski definition) is 10. The van der Waals surface area contributed by atoms with Crippen molar-refractivity contribution in [1.82, 2.24) is 0 Å². The van der Waals surface area contributed by atoms with E-state index in [1.54, 1.807) is 6.92 Å². The monoisotopic (exact) mass is 513 g/mol. The van der Waals surface area contributed by atoms with Crippen LogP contribution in [0.15, 0.2) is 59.6 Å². The number of benzene rings is 2. The fourth-order valence-electron chi connectivity index (χ4n) is 2.15. The van der Waals surface area contributed by atoms with Crippen molar-refractivity contribution in [3.63, 3.8) is 0 Å². The van der Waals surface area contributed by atoms with Crippen molar-refractivity contribution in [2.45, 2.75) is 47.0 Å². The maximum Gasteiger partial charge on any atom is 0.425 e. The highest BCUT2D eigenvalue weighted by molar-refractivity contribution is 7.59. The Balaban J connectivity index is 0. The molecule has 0 amide bonds. The van der Waals surface area contributed by atoms with Gasteiger partial charge < -0.3 is 5.43 Å². The summed E-state index contributed by atoms with van der Waals surface area (Å²) >= 11 is 0. The summed E-state index contributed by atoms with van der Waals surface area (Å²) in [5.74, 6) is 5.57. The Morgan fingerprint density at radius 2 is 1.26 bits per heavy atom. The van der Waals surface area contributed by atoms with Crippen LogP contribution in [0.2, 0.25) is 0 Å². The van der Waals surface area contributed by atoms with Crippen molar-refractivity contribution in [2.24, 2.45) is 16.8 Å². The number of nitrogen functional groups attached to an aromatic ring is 1. The van der Waals surface area contributed by atoms with Crippen molar-refractivity contribution >= 4 is 44.1 Å². The van der Waals surface area contributed by atoms with Gasteiger partial charge in [-0.2, -0.15) is 0 Å². The molecule has 1 aliphatic heterocycles. The lowest BCUT2D eigenvalue weighted by Gasteiger charge is -2.19. The molecule has 188 valence electrons. The second-order valence-corrected chi connectivity index (χ2v) is 8.34. The second kappa shape index (κ2) is 17.3. The first-order valence-corrected chi connectivity index (χ1v) is 11.9. The number of hydrogen-bond donors (Lipinski definition) is 2. The summed E-state index contributed by atoms with van der Waals surface area (Å²) in [6, 6.07) is 18.0. The van der Waals surface area contributed by atoms with E-state index in [1.807, 2.05) is 50.2 Å². The number of carbonyl (C=O) groups excluding carboxylic acids is 1. The van der Waals surface area contributed by atoms with Crippen LogP contribution in [0.3, 0.4) is 0 Å². The number of anilines is 1. The lowest BCUT2D eigenvalue weighted by molar-refractivity contribution is -0.119. The third-order valence-electron chi connectivity index (χ3n) is 4.52. The van der Waals surface area contributed by atoms with Crippen molar-refractivity contribution in [3.8, 4) is 0 Å². The van der Waals surface area contributed by atoms with Crippen LogP contribution < -0.4 is 11.3 Å². The second-order valence-electron chi connectivity index (χ2n) is 7.52. The van der Waals surface area contributed by atoms with E-state index >= 15 is 0 Å². The van der Waals surface area contributed by atoms with Gasteiger partial charge in [0.2, 0.25) is 0 Å². The zero-order chi connectivity index (χ0) is 26.9. The van der Waals surface area contributed by atoms with Gasteiger partial charge >= 0.3 is 21.2 Å². The molecule has 3 rings (SSSR count). The molecule has 10 nitrogen and oxygen atoms in total. The van der Waals surface area contributed by atoms with Crippen LogP contribution in [-0.2, 0) is 31.4 Å². The Morgan fingerprint density at radius 1 is 0.882 bits per heavy atom. The predicted octanol–water partition coefficient (Wildman–Crippen LogP) is 3.27. The molecule has 0 saturated heterocycles. The standard InChI is InChI=1S/C11H13N.C6H8N2.C5H10O.2O3S/c1-8-11(2,3)9-6-4-5-7-10(9)12-8;7-8-6-4-2-1-3-5-6;1-4(2)5(3)6;2*1-4(2)3/h4-7H,1-3H3;1-5,8H,7H2;4H,1-3H3;;. The van der Waals surface area contributed by atoms with Gasteiger partial charge in [-0.25, -0.2) is 0 Å². The van der Waals surface area contributed by atoms with Crippen LogP contribution in [0.5, 0.6) is 0 Å². The van der Waals surface area contributed by atoms with Crippen LogP contribution in [0.1, 0.15) is 47.1 Å². The summed E-state index contributed by atoms with van der Waals surface area (Å²) in [7, 11) is -6.22. The Bertz CT molecular complexity index is 1100. The van der Waals surface area contributed by atoms with Crippen molar-refractivity contribution in [2.75, 3.05) is 5.43 Å². The quantitative estimate of drug-likeness (QED) is 0.452. The maximum absolute atomic E-state index is 10.1. The minimum atomic E-state index is -3.11. The molecule has 0 aliphatic carbocycles. The fraction of sp³-hybridized carbons (Fsp3) is 0.364. The molecule has 0 radical (unpaired) electrons. The molecule has 1 heterocycles. The lowest BCUT2D eigenvalue weighted by atomic mass is 9.82. The molecule has 1 aliphatic rings. The molecule has 2 aromatic rings. The van der Waals surface area contributed by atoms with Gasteiger partial charge in [0.25, 0.3) is 0 Å². The highest BCUT2D eigenvalue weighted by Crippen LogP contribution is 2.39. The van der Waals surface area contributed by atoms with Crippen LogP contribution in [0.4, 0.5) is 11.4 Å². The average molecular weight is 514 g/mol. The highest BCUT2D eigenvalue weighted by Gasteiger charge is 2.31. The number of nitrogens with two attached hydrogens (primary N) is 1. The van der Waals surface area contributed by atoms with E-state index in [-0.39, 0.29) is 17.1 Å². The predicted molar refractivity (Wildman–Crippen MR) is 131 cm³/mol. The smallest absolute Gasteiger partial charge is 0.324 e. The topological polar surface area (TPSA) is 170 Å². The summed E-state index contributed by atoms with van der Waals surface area (Å²) in [5, 5.41) is 0. The van der Waals surface area contributed by atoms with Crippen molar-refractivity contribution in [1.29, 1.82) is 0 Å².